The molecule has 10 heteroatoms. The fourth-order valence-corrected chi connectivity index (χ4v) is 3.39. The van der Waals surface area contributed by atoms with Gasteiger partial charge in [0.15, 0.2) is 0 Å². The largest absolute Gasteiger partial charge is 0.325 e. The van der Waals surface area contributed by atoms with E-state index in [1.54, 1.807) is 28.8 Å². The Bertz CT molecular complexity index is 773. The Hall–Kier alpha value is -2.62. The summed E-state index contributed by atoms with van der Waals surface area (Å²) in [5.41, 5.74) is 1.19. The van der Waals surface area contributed by atoms with E-state index in [2.05, 4.69) is 26.2 Å². The number of amides is 3. The summed E-state index contributed by atoms with van der Waals surface area (Å²) in [5, 5.41) is 17.6. The van der Waals surface area contributed by atoms with Crippen LogP contribution in [0, 0.1) is 0 Å². The molecule has 138 valence electrons. The van der Waals surface area contributed by atoms with Gasteiger partial charge in [-0.15, -0.1) is 5.10 Å². The second-order valence-electron chi connectivity index (χ2n) is 5.90. The number of hydrogen-bond donors (Lipinski definition) is 2. The number of urea groups is 1. The molecule has 0 aliphatic carbocycles. The van der Waals surface area contributed by atoms with Crippen LogP contribution in [0.15, 0.2) is 29.4 Å². The molecule has 3 amide bonds. The highest BCUT2D eigenvalue weighted by atomic mass is 32.2. The maximum atomic E-state index is 12.3. The molecule has 0 atom stereocenters. The summed E-state index contributed by atoms with van der Waals surface area (Å²) in [6, 6.07) is 7.07. The van der Waals surface area contributed by atoms with Crippen molar-refractivity contribution < 1.29 is 9.59 Å². The van der Waals surface area contributed by atoms with Crippen LogP contribution in [-0.2, 0) is 11.8 Å². The van der Waals surface area contributed by atoms with Crippen LogP contribution in [0.2, 0.25) is 0 Å². The summed E-state index contributed by atoms with van der Waals surface area (Å²) in [5.74, 6) is 0.429. The van der Waals surface area contributed by atoms with E-state index in [9.17, 15) is 9.59 Å². The Morgan fingerprint density at radius 1 is 1.15 bits per heavy atom. The molecule has 1 aliphatic heterocycles. The molecule has 26 heavy (non-hydrogen) atoms. The summed E-state index contributed by atoms with van der Waals surface area (Å²) in [6.07, 6.45) is 2.38. The summed E-state index contributed by atoms with van der Waals surface area (Å²) in [4.78, 5) is 26.3. The predicted molar refractivity (Wildman–Crippen MR) is 99.0 cm³/mol. The van der Waals surface area contributed by atoms with Crippen LogP contribution in [0.5, 0.6) is 0 Å². The van der Waals surface area contributed by atoms with Crippen LogP contribution in [0.1, 0.15) is 19.3 Å². The number of carbonyl (C=O) groups is 2. The number of para-hydroxylation sites is 2. The van der Waals surface area contributed by atoms with Gasteiger partial charge < -0.3 is 15.5 Å². The van der Waals surface area contributed by atoms with Gasteiger partial charge >= 0.3 is 6.03 Å². The molecule has 0 radical (unpaired) electrons. The first-order valence-electron chi connectivity index (χ1n) is 8.43. The van der Waals surface area contributed by atoms with E-state index in [0.717, 1.165) is 25.9 Å². The highest BCUT2D eigenvalue weighted by Gasteiger charge is 2.19. The molecule has 2 N–H and O–H groups in total. The lowest BCUT2D eigenvalue weighted by Gasteiger charge is -2.18. The Labute approximate surface area is 155 Å². The van der Waals surface area contributed by atoms with Crippen LogP contribution in [0.25, 0.3) is 0 Å². The van der Waals surface area contributed by atoms with E-state index >= 15 is 0 Å². The number of nitrogens with zero attached hydrogens (tertiary/aromatic N) is 5. The van der Waals surface area contributed by atoms with E-state index in [0.29, 0.717) is 28.7 Å². The molecule has 0 bridgehead atoms. The summed E-state index contributed by atoms with van der Waals surface area (Å²) in [6.45, 7) is 1.54. The second kappa shape index (κ2) is 8.65. The highest BCUT2D eigenvalue weighted by Crippen LogP contribution is 2.23. The van der Waals surface area contributed by atoms with Gasteiger partial charge in [0, 0.05) is 32.3 Å². The van der Waals surface area contributed by atoms with Crippen LogP contribution < -0.4 is 10.6 Å². The molecule has 9 nitrogen and oxygen atoms in total. The summed E-state index contributed by atoms with van der Waals surface area (Å²) in [7, 11) is 1.75. The minimum atomic E-state index is -0.130. The van der Waals surface area contributed by atoms with Crippen molar-refractivity contribution in [3.63, 3.8) is 0 Å². The first kappa shape index (κ1) is 18.2. The van der Waals surface area contributed by atoms with E-state index in [4.69, 9.17) is 0 Å². The van der Waals surface area contributed by atoms with E-state index < -0.39 is 0 Å². The smallest absolute Gasteiger partial charge is 0.321 e. The molecule has 0 unspecified atom stereocenters. The molecule has 1 saturated heterocycles. The fourth-order valence-electron chi connectivity index (χ4n) is 2.61. The van der Waals surface area contributed by atoms with Gasteiger partial charge in [-0.2, -0.15) is 0 Å². The monoisotopic (exact) mass is 375 g/mol. The van der Waals surface area contributed by atoms with Crippen molar-refractivity contribution >= 4 is 35.1 Å². The van der Waals surface area contributed by atoms with Crippen LogP contribution >= 0.6 is 11.8 Å². The lowest BCUT2D eigenvalue weighted by molar-refractivity contribution is -0.115. The predicted octanol–water partition coefficient (Wildman–Crippen LogP) is 1.96. The van der Waals surface area contributed by atoms with E-state index in [-0.39, 0.29) is 11.9 Å². The van der Waals surface area contributed by atoms with Gasteiger partial charge in [0.2, 0.25) is 11.1 Å². The Kier molecular flexibility index (Phi) is 6.05. The Morgan fingerprint density at radius 3 is 2.50 bits per heavy atom. The van der Waals surface area contributed by atoms with E-state index in [1.807, 2.05) is 12.1 Å². The molecular formula is C16H21N7O2S. The van der Waals surface area contributed by atoms with Crippen molar-refractivity contribution in [1.29, 1.82) is 0 Å². The molecule has 1 aromatic heterocycles. The third kappa shape index (κ3) is 4.72. The summed E-state index contributed by atoms with van der Waals surface area (Å²) < 4.78 is 1.56. The number of anilines is 2. The van der Waals surface area contributed by atoms with Crippen molar-refractivity contribution in [2.75, 3.05) is 29.5 Å². The number of nitrogens with one attached hydrogen (secondary N) is 2. The average molecular weight is 375 g/mol. The van der Waals surface area contributed by atoms with Crippen LogP contribution in [0.4, 0.5) is 16.2 Å². The number of aromatic nitrogens is 4. The fraction of sp³-hybridized carbons (Fsp3) is 0.438. The van der Waals surface area contributed by atoms with Crippen molar-refractivity contribution in [2.45, 2.75) is 24.4 Å². The minimum Gasteiger partial charge on any atom is -0.325 e. The van der Waals surface area contributed by atoms with Crippen molar-refractivity contribution in [2.24, 2.45) is 7.05 Å². The maximum absolute atomic E-state index is 12.3. The molecular weight excluding hydrogens is 354 g/mol. The molecule has 2 aromatic rings. The van der Waals surface area contributed by atoms with Gasteiger partial charge in [0.05, 0.1) is 11.4 Å². The van der Waals surface area contributed by atoms with Crippen molar-refractivity contribution in [1.82, 2.24) is 25.1 Å². The number of benzene rings is 1. The van der Waals surface area contributed by atoms with Gasteiger partial charge in [-0.25, -0.2) is 9.48 Å². The number of thioether (sulfide) groups is 1. The Balaban J connectivity index is 1.52. The normalized spacial score (nSPS) is 13.7. The SMILES string of the molecule is Cn1nnnc1SCCC(=O)Nc1ccccc1NC(=O)N1CCCC1. The van der Waals surface area contributed by atoms with E-state index in [1.165, 1.54) is 11.8 Å². The third-order valence-electron chi connectivity index (χ3n) is 3.98. The standard InChI is InChI=1S/C16H21N7O2S/c1-22-16(19-20-21-22)26-11-8-14(24)17-12-6-2-3-7-13(12)18-15(25)23-9-4-5-10-23/h2-3,6-7H,4-5,8-11H2,1H3,(H,17,24)(H,18,25). The lowest BCUT2D eigenvalue weighted by atomic mass is 10.2. The van der Waals surface area contributed by atoms with Gasteiger partial charge in [-0.3, -0.25) is 4.79 Å². The third-order valence-corrected chi connectivity index (χ3v) is 4.99. The zero-order chi connectivity index (χ0) is 18.4. The van der Waals surface area contributed by atoms with Crippen LogP contribution in [-0.4, -0.2) is 55.9 Å². The quantitative estimate of drug-likeness (QED) is 0.748. The number of aryl methyl sites for hydroxylation is 1. The molecule has 1 aliphatic rings. The zero-order valence-electron chi connectivity index (χ0n) is 14.5. The maximum Gasteiger partial charge on any atom is 0.321 e. The number of tetrazole rings is 1. The van der Waals surface area contributed by atoms with Gasteiger partial charge in [0.1, 0.15) is 0 Å². The van der Waals surface area contributed by atoms with Gasteiger partial charge in [0.25, 0.3) is 0 Å². The van der Waals surface area contributed by atoms with Gasteiger partial charge in [-0.1, -0.05) is 23.9 Å². The van der Waals surface area contributed by atoms with Crippen molar-refractivity contribution in [3.05, 3.63) is 24.3 Å². The molecule has 0 saturated carbocycles. The number of carbonyl (C=O) groups excluding carboxylic acids is 2. The second-order valence-corrected chi connectivity index (χ2v) is 6.96. The first-order valence-corrected chi connectivity index (χ1v) is 9.42. The minimum absolute atomic E-state index is 0.129. The molecule has 2 heterocycles. The molecule has 0 spiro atoms. The van der Waals surface area contributed by atoms with Gasteiger partial charge in [-0.05, 0) is 35.4 Å². The first-order chi connectivity index (χ1) is 12.6. The summed E-state index contributed by atoms with van der Waals surface area (Å²) >= 11 is 1.41. The average Bonchev–Trinajstić information content (AvgIpc) is 3.29. The number of likely N-dealkylation sites (tertiary alicyclic amines) is 1. The highest BCUT2D eigenvalue weighted by molar-refractivity contribution is 7.99. The molecule has 1 fully saturated rings. The molecule has 3 rings (SSSR count). The van der Waals surface area contributed by atoms with Crippen LogP contribution in [0.3, 0.4) is 0 Å². The van der Waals surface area contributed by atoms with Crippen molar-refractivity contribution in [3.8, 4) is 0 Å². The topological polar surface area (TPSA) is 105 Å². The number of hydrogen-bond acceptors (Lipinski definition) is 6. The Morgan fingerprint density at radius 2 is 1.85 bits per heavy atom. The lowest BCUT2D eigenvalue weighted by Crippen LogP contribution is -2.32. The number of rotatable bonds is 6. The zero-order valence-corrected chi connectivity index (χ0v) is 15.3. The molecule has 1 aromatic carbocycles.